The van der Waals surface area contributed by atoms with E-state index >= 15 is 0 Å². The maximum absolute atomic E-state index is 12.0. The van der Waals surface area contributed by atoms with Crippen LogP contribution < -0.4 is 5.32 Å². The summed E-state index contributed by atoms with van der Waals surface area (Å²) >= 11 is 5.97. The van der Waals surface area contributed by atoms with Crippen LogP contribution in [0.4, 0.5) is 0 Å². The lowest BCUT2D eigenvalue weighted by molar-refractivity contribution is -0.123. The van der Waals surface area contributed by atoms with Gasteiger partial charge in [-0.3, -0.25) is 4.79 Å². The molecule has 0 bridgehead atoms. The normalized spacial score (nSPS) is 12.6. The largest absolute Gasteiger partial charge is 0.355 e. The van der Waals surface area contributed by atoms with Gasteiger partial charge < -0.3 is 9.88 Å². The van der Waals surface area contributed by atoms with Crippen molar-refractivity contribution >= 4 is 28.5 Å². The van der Waals surface area contributed by atoms with Gasteiger partial charge in [0.1, 0.15) is 11.9 Å². The lowest BCUT2D eigenvalue weighted by Gasteiger charge is -2.16. The van der Waals surface area contributed by atoms with E-state index < -0.39 is 0 Å². The summed E-state index contributed by atoms with van der Waals surface area (Å²) in [7, 11) is 0. The lowest BCUT2D eigenvalue weighted by atomic mass is 10.2. The number of carbonyl (C=O) groups excluding carboxylic acids is 1. The molecule has 1 aromatic heterocycles. The van der Waals surface area contributed by atoms with Crippen molar-refractivity contribution in [2.45, 2.75) is 32.7 Å². The number of amides is 1. The summed E-state index contributed by atoms with van der Waals surface area (Å²) in [5, 5.41) is 2.83. The van der Waals surface area contributed by atoms with Gasteiger partial charge in [-0.15, -0.1) is 11.6 Å². The topological polar surface area (TPSA) is 46.9 Å². The summed E-state index contributed by atoms with van der Waals surface area (Å²) in [4.78, 5) is 16.6. The Balaban J connectivity index is 2.57. The number of hydrogen-bond donors (Lipinski definition) is 1. The van der Waals surface area contributed by atoms with Crippen molar-refractivity contribution in [3.63, 3.8) is 0 Å². The monoisotopic (exact) mass is 279 g/mol. The summed E-state index contributed by atoms with van der Waals surface area (Å²) < 4.78 is 1.92. The summed E-state index contributed by atoms with van der Waals surface area (Å²) in [6.07, 6.45) is 0. The predicted molar refractivity (Wildman–Crippen MR) is 77.4 cm³/mol. The Kier molecular flexibility index (Phi) is 4.10. The van der Waals surface area contributed by atoms with Crippen molar-refractivity contribution in [2.75, 3.05) is 6.54 Å². The highest BCUT2D eigenvalue weighted by molar-refractivity contribution is 6.17. The second-order valence-corrected chi connectivity index (χ2v) is 4.81. The molecule has 19 heavy (non-hydrogen) atoms. The van der Waals surface area contributed by atoms with E-state index in [1.54, 1.807) is 0 Å². The molecular formula is C14H18ClN3O. The summed E-state index contributed by atoms with van der Waals surface area (Å²) in [5.41, 5.74) is 2.95. The number of likely N-dealkylation sites (N-methyl/N-ethyl adjacent to an activating group) is 1. The molecule has 1 N–H and O–H groups in total. The molecule has 102 valence electrons. The third-order valence-corrected chi connectivity index (χ3v) is 3.47. The number of fused-ring (bicyclic) bond motifs is 1. The van der Waals surface area contributed by atoms with E-state index in [1.807, 2.05) is 43.5 Å². The number of nitrogens with zero attached hydrogens (tertiary/aromatic N) is 2. The van der Waals surface area contributed by atoms with Crippen LogP contribution in [0.1, 0.15) is 31.3 Å². The fraction of sp³-hybridized carbons (Fsp3) is 0.429. The minimum absolute atomic E-state index is 0.0188. The highest BCUT2D eigenvalue weighted by Crippen LogP contribution is 2.24. The Morgan fingerprint density at radius 3 is 2.89 bits per heavy atom. The molecule has 5 heteroatoms. The number of aromatic nitrogens is 2. The van der Waals surface area contributed by atoms with Crippen LogP contribution in [0, 0.1) is 6.92 Å². The van der Waals surface area contributed by atoms with E-state index in [9.17, 15) is 4.79 Å². The van der Waals surface area contributed by atoms with Gasteiger partial charge >= 0.3 is 0 Å². The number of imidazole rings is 1. The van der Waals surface area contributed by atoms with Crippen LogP contribution in [0.3, 0.4) is 0 Å². The number of rotatable bonds is 4. The van der Waals surface area contributed by atoms with Gasteiger partial charge in [-0.2, -0.15) is 0 Å². The van der Waals surface area contributed by atoms with E-state index in [4.69, 9.17) is 11.6 Å². The molecule has 1 amide bonds. The second-order valence-electron chi connectivity index (χ2n) is 4.54. The fourth-order valence-corrected chi connectivity index (χ4v) is 2.46. The molecule has 0 aliphatic heterocycles. The van der Waals surface area contributed by atoms with Gasteiger partial charge in [0, 0.05) is 6.54 Å². The number of halogens is 1. The third-order valence-electron chi connectivity index (χ3n) is 3.23. The molecule has 0 saturated heterocycles. The van der Waals surface area contributed by atoms with Crippen molar-refractivity contribution in [3.05, 3.63) is 29.6 Å². The molecule has 0 fully saturated rings. The highest BCUT2D eigenvalue weighted by atomic mass is 35.5. The minimum Gasteiger partial charge on any atom is -0.355 e. The standard InChI is InChI=1S/C14H18ClN3O/c1-4-16-14(19)10(3)18-11-7-5-6-9(2)13(11)17-12(18)8-15/h5-7,10H,4,8H2,1-3H3,(H,16,19). The molecule has 2 aromatic rings. The molecule has 2 rings (SSSR count). The smallest absolute Gasteiger partial charge is 0.242 e. The Labute approximate surface area is 117 Å². The molecule has 0 saturated carbocycles. The summed E-state index contributed by atoms with van der Waals surface area (Å²) in [6.45, 7) is 6.40. The van der Waals surface area contributed by atoms with Gasteiger partial charge in [0.2, 0.25) is 5.91 Å². The van der Waals surface area contributed by atoms with E-state index in [0.29, 0.717) is 6.54 Å². The van der Waals surface area contributed by atoms with Crippen molar-refractivity contribution < 1.29 is 4.79 Å². The second kappa shape index (κ2) is 5.61. The van der Waals surface area contributed by atoms with Crippen molar-refractivity contribution in [1.82, 2.24) is 14.9 Å². The molecule has 0 aliphatic carbocycles. The average Bonchev–Trinajstić information content (AvgIpc) is 2.78. The van der Waals surface area contributed by atoms with E-state index in [-0.39, 0.29) is 17.8 Å². The first-order valence-electron chi connectivity index (χ1n) is 6.40. The van der Waals surface area contributed by atoms with Crippen molar-refractivity contribution in [1.29, 1.82) is 0 Å². The van der Waals surface area contributed by atoms with Gasteiger partial charge in [-0.05, 0) is 32.4 Å². The van der Waals surface area contributed by atoms with Gasteiger partial charge in [0.05, 0.1) is 16.9 Å². The maximum atomic E-state index is 12.0. The molecule has 1 atom stereocenters. The first-order chi connectivity index (χ1) is 9.10. The molecule has 0 spiro atoms. The van der Waals surface area contributed by atoms with Crippen molar-refractivity contribution in [3.8, 4) is 0 Å². The zero-order valence-corrected chi connectivity index (χ0v) is 12.2. The Morgan fingerprint density at radius 2 is 2.26 bits per heavy atom. The molecule has 1 aromatic carbocycles. The zero-order chi connectivity index (χ0) is 14.0. The number of para-hydroxylation sites is 1. The van der Waals surface area contributed by atoms with Crippen LogP contribution in [-0.2, 0) is 10.7 Å². The van der Waals surface area contributed by atoms with Crippen LogP contribution in [0.15, 0.2) is 18.2 Å². The van der Waals surface area contributed by atoms with Gasteiger partial charge in [0.25, 0.3) is 0 Å². The maximum Gasteiger partial charge on any atom is 0.242 e. The Hall–Kier alpha value is -1.55. The SMILES string of the molecule is CCNC(=O)C(C)n1c(CCl)nc2c(C)cccc21. The fourth-order valence-electron chi connectivity index (χ4n) is 2.27. The quantitative estimate of drug-likeness (QED) is 0.875. The third kappa shape index (κ3) is 2.45. The highest BCUT2D eigenvalue weighted by Gasteiger charge is 2.21. The van der Waals surface area contributed by atoms with E-state index in [2.05, 4.69) is 10.3 Å². The molecule has 1 unspecified atom stereocenters. The van der Waals surface area contributed by atoms with Gasteiger partial charge in [0.15, 0.2) is 0 Å². The number of benzene rings is 1. The molecule has 1 heterocycles. The van der Waals surface area contributed by atoms with E-state index in [1.165, 1.54) is 0 Å². The molecule has 0 radical (unpaired) electrons. The van der Waals surface area contributed by atoms with Crippen LogP contribution in [-0.4, -0.2) is 22.0 Å². The first-order valence-corrected chi connectivity index (χ1v) is 6.93. The van der Waals surface area contributed by atoms with Crippen LogP contribution in [0.25, 0.3) is 11.0 Å². The lowest BCUT2D eigenvalue weighted by Crippen LogP contribution is -2.31. The Morgan fingerprint density at radius 1 is 1.53 bits per heavy atom. The number of aryl methyl sites for hydroxylation is 1. The number of hydrogen-bond acceptors (Lipinski definition) is 2. The average molecular weight is 280 g/mol. The summed E-state index contributed by atoms with van der Waals surface area (Å²) in [6, 6.07) is 5.63. The van der Waals surface area contributed by atoms with Crippen LogP contribution in [0.5, 0.6) is 0 Å². The Bertz CT molecular complexity index is 606. The molecule has 4 nitrogen and oxygen atoms in total. The van der Waals surface area contributed by atoms with Crippen molar-refractivity contribution in [2.24, 2.45) is 0 Å². The zero-order valence-electron chi connectivity index (χ0n) is 11.4. The predicted octanol–water partition coefficient (Wildman–Crippen LogP) is 2.78. The molecule has 0 aliphatic rings. The molecular weight excluding hydrogens is 262 g/mol. The van der Waals surface area contributed by atoms with Gasteiger partial charge in [-0.25, -0.2) is 4.98 Å². The van der Waals surface area contributed by atoms with Gasteiger partial charge in [-0.1, -0.05) is 12.1 Å². The van der Waals surface area contributed by atoms with Crippen LogP contribution >= 0.6 is 11.6 Å². The van der Waals surface area contributed by atoms with Crippen LogP contribution in [0.2, 0.25) is 0 Å². The number of nitrogens with one attached hydrogen (secondary N) is 1. The number of carbonyl (C=O) groups is 1. The first kappa shape index (κ1) is 13.9. The number of alkyl halides is 1. The van der Waals surface area contributed by atoms with E-state index in [0.717, 1.165) is 22.4 Å². The minimum atomic E-state index is -0.319. The summed E-state index contributed by atoms with van der Waals surface area (Å²) in [5.74, 6) is 0.997.